The summed E-state index contributed by atoms with van der Waals surface area (Å²) in [5, 5.41) is 13.5. The van der Waals surface area contributed by atoms with E-state index in [9.17, 15) is 22.4 Å². The van der Waals surface area contributed by atoms with Crippen molar-refractivity contribution in [3.8, 4) is 5.88 Å². The van der Waals surface area contributed by atoms with Crippen molar-refractivity contribution in [2.45, 2.75) is 43.9 Å². The van der Waals surface area contributed by atoms with E-state index in [1.54, 1.807) is 0 Å². The van der Waals surface area contributed by atoms with Crippen LogP contribution in [0.2, 0.25) is 0 Å². The summed E-state index contributed by atoms with van der Waals surface area (Å²) < 4.78 is 50.8. The van der Waals surface area contributed by atoms with Crippen LogP contribution in [0.25, 0.3) is 0 Å². The lowest BCUT2D eigenvalue weighted by Gasteiger charge is -2.29. The highest BCUT2D eigenvalue weighted by molar-refractivity contribution is 5.95. The number of carbonyl (C=O) groups excluding carboxylic acids is 1. The Hall–Kier alpha value is -2.63. The van der Waals surface area contributed by atoms with Gasteiger partial charge < -0.3 is 26.2 Å². The first-order chi connectivity index (χ1) is 13.0. The number of methoxy groups -OCH3 is 1. The van der Waals surface area contributed by atoms with Gasteiger partial charge in [0.15, 0.2) is 11.6 Å². The fourth-order valence-electron chi connectivity index (χ4n) is 2.63. The predicted molar refractivity (Wildman–Crippen MR) is 91.7 cm³/mol. The maximum atomic E-state index is 14.0. The molecular weight excluding hydrogens is 388 g/mol. The fourth-order valence-corrected chi connectivity index (χ4v) is 2.63. The van der Waals surface area contributed by atoms with Crippen LogP contribution in [0.5, 0.6) is 5.88 Å². The number of nitrogens with one attached hydrogen (secondary N) is 2. The third kappa shape index (κ3) is 6.83. The number of amides is 1. The molecule has 158 valence electrons. The summed E-state index contributed by atoms with van der Waals surface area (Å²) in [5.74, 6) is -3.98. The first kappa shape index (κ1) is 23.4. The zero-order valence-electron chi connectivity index (χ0n) is 15.3. The van der Waals surface area contributed by atoms with Crippen LogP contribution in [0.3, 0.4) is 0 Å². The summed E-state index contributed by atoms with van der Waals surface area (Å²) in [6.07, 6.45) is -1.14. The number of aromatic nitrogens is 1. The first-order valence-corrected chi connectivity index (χ1v) is 8.27. The number of hydrogen-bond acceptors (Lipinski definition) is 6. The van der Waals surface area contributed by atoms with E-state index < -0.39 is 23.9 Å². The number of carboxylic acids is 1. The Morgan fingerprint density at radius 1 is 1.25 bits per heavy atom. The summed E-state index contributed by atoms with van der Waals surface area (Å²) in [4.78, 5) is 24.1. The third-order valence-electron chi connectivity index (χ3n) is 4.12. The van der Waals surface area contributed by atoms with E-state index in [1.165, 1.54) is 7.11 Å². The van der Waals surface area contributed by atoms with Crippen LogP contribution in [0.1, 0.15) is 36.0 Å². The monoisotopic (exact) mass is 410 g/mol. The number of alkyl halides is 3. The summed E-state index contributed by atoms with van der Waals surface area (Å²) in [5.41, 5.74) is 5.11. The minimum Gasteiger partial charge on any atom is -0.480 e. The summed E-state index contributed by atoms with van der Waals surface area (Å²) in [6, 6.07) is 1.75. The molecule has 1 aliphatic rings. The van der Waals surface area contributed by atoms with Gasteiger partial charge in [0.1, 0.15) is 5.56 Å². The van der Waals surface area contributed by atoms with E-state index in [0.29, 0.717) is 6.04 Å². The van der Waals surface area contributed by atoms with Crippen molar-refractivity contribution in [2.75, 3.05) is 19.5 Å². The first-order valence-electron chi connectivity index (χ1n) is 8.27. The van der Waals surface area contributed by atoms with Gasteiger partial charge >= 0.3 is 12.1 Å². The normalized spacial score (nSPS) is 19.2. The highest BCUT2D eigenvalue weighted by atomic mass is 19.4. The molecule has 8 nitrogen and oxygen atoms in total. The zero-order valence-corrected chi connectivity index (χ0v) is 15.3. The molecule has 0 atom stereocenters. The number of ether oxygens (including phenoxy) is 1. The number of nitrogens with zero attached hydrogens (tertiary/aromatic N) is 1. The van der Waals surface area contributed by atoms with Gasteiger partial charge in [0.2, 0.25) is 5.88 Å². The van der Waals surface area contributed by atoms with Gasteiger partial charge in [0.05, 0.1) is 7.11 Å². The number of hydrogen-bond donors (Lipinski definition) is 4. The van der Waals surface area contributed by atoms with Crippen LogP contribution >= 0.6 is 0 Å². The lowest BCUT2D eigenvalue weighted by atomic mass is 9.91. The molecule has 5 N–H and O–H groups in total. The third-order valence-corrected chi connectivity index (χ3v) is 4.12. The molecule has 1 fully saturated rings. The Morgan fingerprint density at radius 3 is 2.14 bits per heavy atom. The number of pyridine rings is 1. The average molecular weight is 410 g/mol. The van der Waals surface area contributed by atoms with Crippen LogP contribution < -0.4 is 21.1 Å². The number of anilines is 1. The lowest BCUT2D eigenvalue weighted by Crippen LogP contribution is -2.35. The average Bonchev–Trinajstić information content (AvgIpc) is 2.63. The molecule has 0 aliphatic heterocycles. The summed E-state index contributed by atoms with van der Waals surface area (Å²) in [7, 11) is 3.32. The van der Waals surface area contributed by atoms with Crippen LogP contribution in [-0.4, -0.2) is 54.4 Å². The fraction of sp³-hybridized carbons (Fsp3) is 0.562. The topological polar surface area (TPSA) is 127 Å². The Kier molecular flexibility index (Phi) is 8.41. The second kappa shape index (κ2) is 10.1. The second-order valence-electron chi connectivity index (χ2n) is 6.02. The van der Waals surface area contributed by atoms with Crippen molar-refractivity contribution in [3.05, 3.63) is 17.4 Å². The minimum absolute atomic E-state index is 0.0373. The van der Waals surface area contributed by atoms with Gasteiger partial charge in [-0.15, -0.1) is 0 Å². The van der Waals surface area contributed by atoms with Crippen molar-refractivity contribution in [2.24, 2.45) is 5.73 Å². The van der Waals surface area contributed by atoms with Gasteiger partial charge in [-0.3, -0.25) is 4.79 Å². The molecule has 1 heterocycles. The van der Waals surface area contributed by atoms with Crippen molar-refractivity contribution in [1.82, 2.24) is 10.3 Å². The van der Waals surface area contributed by atoms with Gasteiger partial charge in [-0.1, -0.05) is 0 Å². The van der Waals surface area contributed by atoms with Crippen LogP contribution in [0.15, 0.2) is 6.07 Å². The Balaban J connectivity index is 0.000000480. The maximum Gasteiger partial charge on any atom is 0.490 e. The molecule has 1 aromatic rings. The molecule has 1 saturated carbocycles. The standard InChI is InChI=1S/C14H21FN4O2.C2HF3O2/c1-17-8-3-5-9(6-4-8)18-13-11(15)7-10(12(16)20)14(19-13)21-2;3-2(4,5)1(6)7/h7-9,17H,3-6H2,1-2H3,(H2,16,20)(H,18,19);(H,6,7). The highest BCUT2D eigenvalue weighted by Crippen LogP contribution is 2.26. The summed E-state index contributed by atoms with van der Waals surface area (Å²) in [6.45, 7) is 0. The summed E-state index contributed by atoms with van der Waals surface area (Å²) >= 11 is 0. The van der Waals surface area contributed by atoms with Crippen molar-refractivity contribution < 1.29 is 37.0 Å². The van der Waals surface area contributed by atoms with Gasteiger partial charge in [0, 0.05) is 12.1 Å². The molecule has 1 aromatic heterocycles. The van der Waals surface area contributed by atoms with Crippen molar-refractivity contribution >= 4 is 17.7 Å². The minimum atomic E-state index is -5.08. The second-order valence-corrected chi connectivity index (χ2v) is 6.02. The predicted octanol–water partition coefficient (Wildman–Crippen LogP) is 1.90. The number of halogens is 4. The van der Waals surface area contributed by atoms with Crippen LogP contribution in [0, 0.1) is 5.82 Å². The van der Waals surface area contributed by atoms with E-state index in [-0.39, 0.29) is 23.3 Å². The quantitative estimate of drug-likeness (QED) is 0.546. The molecule has 0 unspecified atom stereocenters. The Bertz CT molecular complexity index is 692. The smallest absolute Gasteiger partial charge is 0.480 e. The number of nitrogens with two attached hydrogens (primary N) is 1. The van der Waals surface area contributed by atoms with Crippen LogP contribution in [0.4, 0.5) is 23.4 Å². The molecule has 2 rings (SSSR count). The molecular formula is C16H22F4N4O4. The largest absolute Gasteiger partial charge is 0.490 e. The Morgan fingerprint density at radius 2 is 1.75 bits per heavy atom. The van der Waals surface area contributed by atoms with E-state index in [0.717, 1.165) is 31.7 Å². The molecule has 0 aromatic carbocycles. The zero-order chi connectivity index (χ0) is 21.5. The van der Waals surface area contributed by atoms with Gasteiger partial charge in [-0.25, -0.2) is 9.18 Å². The highest BCUT2D eigenvalue weighted by Gasteiger charge is 2.38. The van der Waals surface area contributed by atoms with Gasteiger partial charge in [-0.05, 0) is 38.8 Å². The van der Waals surface area contributed by atoms with Crippen molar-refractivity contribution in [1.29, 1.82) is 0 Å². The van der Waals surface area contributed by atoms with E-state index in [2.05, 4.69) is 15.6 Å². The molecule has 1 amide bonds. The number of aliphatic carboxylic acids is 1. The molecule has 12 heteroatoms. The Labute approximate surface area is 158 Å². The van der Waals surface area contributed by atoms with Gasteiger partial charge in [0.25, 0.3) is 5.91 Å². The molecule has 0 radical (unpaired) electrons. The maximum absolute atomic E-state index is 14.0. The number of primary amides is 1. The SMILES string of the molecule is CNC1CCC(Nc2nc(OC)c(C(N)=O)cc2F)CC1.O=C(O)C(F)(F)F. The number of carbonyl (C=O) groups is 2. The molecule has 0 saturated heterocycles. The molecule has 1 aliphatic carbocycles. The van der Waals surface area contributed by atoms with Crippen LogP contribution in [-0.2, 0) is 4.79 Å². The number of rotatable bonds is 5. The van der Waals surface area contributed by atoms with E-state index in [4.69, 9.17) is 20.4 Å². The molecule has 28 heavy (non-hydrogen) atoms. The van der Waals surface area contributed by atoms with Crippen molar-refractivity contribution in [3.63, 3.8) is 0 Å². The lowest BCUT2D eigenvalue weighted by molar-refractivity contribution is -0.192. The van der Waals surface area contributed by atoms with Gasteiger partial charge in [-0.2, -0.15) is 18.2 Å². The molecule has 0 spiro atoms. The van der Waals surface area contributed by atoms with E-state index >= 15 is 0 Å². The molecule has 0 bridgehead atoms. The van der Waals surface area contributed by atoms with E-state index in [1.807, 2.05) is 7.05 Å². The number of carboxylic acid groups (broad SMARTS) is 1.